The highest BCUT2D eigenvalue weighted by Gasteiger charge is 2.31. The molecule has 3 aromatic rings. The second-order valence-corrected chi connectivity index (χ2v) is 9.69. The van der Waals surface area contributed by atoms with Gasteiger partial charge in [-0.2, -0.15) is 0 Å². The maximum atomic E-state index is 12.5. The number of anilines is 2. The van der Waals surface area contributed by atoms with Crippen LogP contribution in [0, 0.1) is 13.8 Å². The number of hydrogen-bond donors (Lipinski definition) is 1. The molecule has 0 saturated carbocycles. The van der Waals surface area contributed by atoms with Crippen LogP contribution < -0.4 is 14.4 Å². The van der Waals surface area contributed by atoms with Crippen molar-refractivity contribution in [3.05, 3.63) is 89.0 Å². The largest absolute Gasteiger partial charge is 0.573 e. The van der Waals surface area contributed by atoms with Gasteiger partial charge in [-0.05, 0) is 73.0 Å². The molecule has 0 fully saturated rings. The minimum Gasteiger partial charge on any atom is -0.406 e. The monoisotopic (exact) mass is 492 g/mol. The van der Waals surface area contributed by atoms with E-state index >= 15 is 0 Å². The Balaban J connectivity index is 1.72. The fourth-order valence-corrected chi connectivity index (χ4v) is 4.18. The lowest BCUT2D eigenvalue weighted by molar-refractivity contribution is -0.274. The SMILES string of the molecule is Cc1ccc(C)c(N(Cc2ccc(C(=O)Nc3ccc(OC(F)(F)F)cc3)cc2)S(C)(=O)=O)c1. The maximum absolute atomic E-state index is 12.5. The molecular formula is C24H23F3N2O4S. The molecule has 180 valence electrons. The van der Waals surface area contributed by atoms with Crippen LogP contribution in [0.2, 0.25) is 0 Å². The topological polar surface area (TPSA) is 75.7 Å². The predicted molar refractivity (Wildman–Crippen MR) is 124 cm³/mol. The zero-order valence-electron chi connectivity index (χ0n) is 18.7. The van der Waals surface area contributed by atoms with Crippen molar-refractivity contribution in [1.82, 2.24) is 0 Å². The molecule has 6 nitrogen and oxygen atoms in total. The highest BCUT2D eigenvalue weighted by atomic mass is 32.2. The first kappa shape index (κ1) is 25.1. The van der Waals surface area contributed by atoms with Crippen molar-refractivity contribution in [3.8, 4) is 5.75 Å². The average molecular weight is 493 g/mol. The van der Waals surface area contributed by atoms with Gasteiger partial charge in [-0.25, -0.2) is 8.42 Å². The molecule has 0 heterocycles. The van der Waals surface area contributed by atoms with Gasteiger partial charge in [0.05, 0.1) is 18.5 Å². The Hall–Kier alpha value is -3.53. The van der Waals surface area contributed by atoms with Crippen LogP contribution in [0.25, 0.3) is 0 Å². The second kappa shape index (κ2) is 9.76. The molecule has 0 bridgehead atoms. The maximum Gasteiger partial charge on any atom is 0.573 e. The van der Waals surface area contributed by atoms with Crippen molar-refractivity contribution in [3.63, 3.8) is 0 Å². The highest BCUT2D eigenvalue weighted by Crippen LogP contribution is 2.27. The number of alkyl halides is 3. The highest BCUT2D eigenvalue weighted by molar-refractivity contribution is 7.92. The Morgan fingerprint density at radius 3 is 2.15 bits per heavy atom. The minimum absolute atomic E-state index is 0.0890. The van der Waals surface area contributed by atoms with E-state index in [-0.39, 0.29) is 6.54 Å². The second-order valence-electron chi connectivity index (χ2n) is 7.78. The van der Waals surface area contributed by atoms with E-state index in [4.69, 9.17) is 0 Å². The number of sulfonamides is 1. The molecule has 0 aromatic heterocycles. The van der Waals surface area contributed by atoms with Gasteiger partial charge < -0.3 is 10.1 Å². The Labute approximate surface area is 196 Å². The van der Waals surface area contributed by atoms with Crippen molar-refractivity contribution in [1.29, 1.82) is 0 Å². The number of aryl methyl sites for hydroxylation is 2. The third kappa shape index (κ3) is 6.74. The summed E-state index contributed by atoms with van der Waals surface area (Å²) in [5.41, 5.74) is 3.61. The van der Waals surface area contributed by atoms with Gasteiger partial charge in [-0.1, -0.05) is 24.3 Å². The Kier molecular flexibility index (Phi) is 7.21. The van der Waals surface area contributed by atoms with E-state index < -0.39 is 28.0 Å². The van der Waals surface area contributed by atoms with Crippen LogP contribution in [0.3, 0.4) is 0 Å². The molecule has 0 radical (unpaired) electrons. The fraction of sp³-hybridized carbons (Fsp3) is 0.208. The van der Waals surface area contributed by atoms with Crippen molar-refractivity contribution in [2.45, 2.75) is 26.8 Å². The number of ether oxygens (including phenoxy) is 1. The zero-order chi connectivity index (χ0) is 25.1. The van der Waals surface area contributed by atoms with E-state index in [9.17, 15) is 26.4 Å². The van der Waals surface area contributed by atoms with Crippen LogP contribution in [0.4, 0.5) is 24.5 Å². The Morgan fingerprint density at radius 2 is 1.59 bits per heavy atom. The normalized spacial score (nSPS) is 11.7. The van der Waals surface area contributed by atoms with Crippen LogP contribution in [-0.4, -0.2) is 26.9 Å². The fourth-order valence-electron chi connectivity index (χ4n) is 3.24. The lowest BCUT2D eigenvalue weighted by atomic mass is 10.1. The molecule has 34 heavy (non-hydrogen) atoms. The molecule has 1 amide bonds. The van der Waals surface area contributed by atoms with E-state index in [2.05, 4.69) is 10.1 Å². The summed E-state index contributed by atoms with van der Waals surface area (Å²) in [6.45, 7) is 3.81. The average Bonchev–Trinajstić information content (AvgIpc) is 2.74. The summed E-state index contributed by atoms with van der Waals surface area (Å²) in [5.74, 6) is -0.861. The standard InChI is InChI=1S/C24H23F3N2O4S/c1-16-4-5-17(2)22(14-16)29(34(3,31)32)15-18-6-8-19(9-7-18)23(30)28-20-10-12-21(13-11-20)33-24(25,26)27/h4-14H,15H2,1-3H3,(H,28,30). The van der Waals surface area contributed by atoms with Crippen LogP contribution in [-0.2, 0) is 16.6 Å². The van der Waals surface area contributed by atoms with Gasteiger partial charge in [0, 0.05) is 11.3 Å². The zero-order valence-corrected chi connectivity index (χ0v) is 19.5. The molecule has 0 unspecified atom stereocenters. The quantitative estimate of drug-likeness (QED) is 0.478. The Morgan fingerprint density at radius 1 is 0.971 bits per heavy atom. The van der Waals surface area contributed by atoms with E-state index in [0.717, 1.165) is 29.5 Å². The smallest absolute Gasteiger partial charge is 0.406 e. The number of hydrogen-bond acceptors (Lipinski definition) is 4. The molecule has 0 atom stereocenters. The number of halogens is 3. The minimum atomic E-state index is -4.79. The van der Waals surface area contributed by atoms with Gasteiger partial charge in [0.15, 0.2) is 0 Å². The first-order valence-corrected chi connectivity index (χ1v) is 12.0. The molecule has 10 heteroatoms. The Bertz CT molecular complexity index is 1270. The number of carbonyl (C=O) groups is 1. The number of benzene rings is 3. The lowest BCUT2D eigenvalue weighted by Crippen LogP contribution is -2.30. The summed E-state index contributed by atoms with van der Waals surface area (Å²) in [6.07, 6.45) is -3.65. The van der Waals surface area contributed by atoms with Gasteiger partial charge >= 0.3 is 6.36 Å². The number of nitrogens with one attached hydrogen (secondary N) is 1. The van der Waals surface area contributed by atoms with Gasteiger partial charge in [0.1, 0.15) is 5.75 Å². The van der Waals surface area contributed by atoms with Crippen LogP contribution in [0.1, 0.15) is 27.0 Å². The summed E-state index contributed by atoms with van der Waals surface area (Å²) in [7, 11) is -3.56. The number of carbonyl (C=O) groups excluding carboxylic acids is 1. The summed E-state index contributed by atoms with van der Waals surface area (Å²) in [4.78, 5) is 12.5. The first-order chi connectivity index (χ1) is 15.8. The number of rotatable bonds is 7. The molecule has 0 aliphatic heterocycles. The van der Waals surface area contributed by atoms with Crippen molar-refractivity contribution >= 4 is 27.3 Å². The number of amides is 1. The van der Waals surface area contributed by atoms with Crippen LogP contribution >= 0.6 is 0 Å². The van der Waals surface area contributed by atoms with Crippen LogP contribution in [0.5, 0.6) is 5.75 Å². The molecule has 0 aliphatic carbocycles. The van der Waals surface area contributed by atoms with Gasteiger partial charge in [-0.3, -0.25) is 9.10 Å². The van der Waals surface area contributed by atoms with E-state index in [0.29, 0.717) is 22.5 Å². The third-order valence-electron chi connectivity index (χ3n) is 4.92. The predicted octanol–water partition coefficient (Wildman–Crippen LogP) is 5.42. The van der Waals surface area contributed by atoms with Crippen LogP contribution in [0.15, 0.2) is 66.7 Å². The van der Waals surface area contributed by atoms with Gasteiger partial charge in [0.2, 0.25) is 10.0 Å². The van der Waals surface area contributed by atoms with Crippen molar-refractivity contribution in [2.24, 2.45) is 0 Å². The molecule has 0 spiro atoms. The summed E-state index contributed by atoms with van der Waals surface area (Å²) < 4.78 is 66.8. The van der Waals surface area contributed by atoms with Gasteiger partial charge in [0.25, 0.3) is 5.91 Å². The van der Waals surface area contributed by atoms with Gasteiger partial charge in [-0.15, -0.1) is 13.2 Å². The molecule has 3 aromatic carbocycles. The summed E-state index contributed by atoms with van der Waals surface area (Å²) in [5, 5.41) is 2.59. The van der Waals surface area contributed by atoms with E-state index in [1.807, 2.05) is 32.0 Å². The summed E-state index contributed by atoms with van der Waals surface area (Å²) >= 11 is 0. The van der Waals surface area contributed by atoms with E-state index in [1.165, 1.54) is 16.4 Å². The molecule has 0 aliphatic rings. The first-order valence-electron chi connectivity index (χ1n) is 10.1. The van der Waals surface area contributed by atoms with Crippen molar-refractivity contribution in [2.75, 3.05) is 15.9 Å². The number of nitrogens with zero attached hydrogens (tertiary/aromatic N) is 1. The molecule has 3 rings (SSSR count). The third-order valence-corrected chi connectivity index (χ3v) is 6.05. The lowest BCUT2D eigenvalue weighted by Gasteiger charge is -2.25. The van der Waals surface area contributed by atoms with Crippen molar-refractivity contribution < 1.29 is 31.1 Å². The molecular weight excluding hydrogens is 469 g/mol. The van der Waals surface area contributed by atoms with E-state index in [1.54, 1.807) is 24.3 Å². The summed E-state index contributed by atoms with van der Waals surface area (Å²) in [6, 6.07) is 16.8. The molecule has 1 N–H and O–H groups in total. The molecule has 0 saturated heterocycles.